The van der Waals surface area contributed by atoms with Gasteiger partial charge >= 0.3 is 5.97 Å². The van der Waals surface area contributed by atoms with Crippen LogP contribution < -0.4 is 4.74 Å². The lowest BCUT2D eigenvalue weighted by Gasteiger charge is -1.99. The average Bonchev–Trinajstić information content (AvgIpc) is 2.15. The summed E-state index contributed by atoms with van der Waals surface area (Å²) >= 11 is 0. The SMILES string of the molecule is COc1cccc(/C=C/C(=O)O)c1.[HH]. The summed E-state index contributed by atoms with van der Waals surface area (Å²) in [5, 5.41) is 8.38. The van der Waals surface area contributed by atoms with Crippen LogP contribution in [0.4, 0.5) is 0 Å². The number of carboxylic acids is 1. The van der Waals surface area contributed by atoms with Crippen molar-refractivity contribution in [2.75, 3.05) is 7.11 Å². The Hall–Kier alpha value is -1.77. The molecule has 3 heteroatoms. The molecule has 1 rings (SSSR count). The number of ether oxygens (including phenoxy) is 1. The fourth-order valence-corrected chi connectivity index (χ4v) is 0.913. The van der Waals surface area contributed by atoms with Gasteiger partial charge in [0.25, 0.3) is 0 Å². The van der Waals surface area contributed by atoms with Crippen molar-refractivity contribution in [1.82, 2.24) is 0 Å². The first kappa shape index (κ1) is 9.32. The molecule has 0 unspecified atom stereocenters. The number of rotatable bonds is 3. The third-order valence-electron chi connectivity index (χ3n) is 1.51. The number of methoxy groups -OCH3 is 1. The Labute approximate surface area is 77.8 Å². The van der Waals surface area contributed by atoms with Crippen LogP contribution in [0.5, 0.6) is 5.75 Å². The van der Waals surface area contributed by atoms with Crippen LogP contribution in [0.1, 0.15) is 6.99 Å². The Kier molecular flexibility index (Phi) is 3.09. The van der Waals surface area contributed by atoms with E-state index in [-0.39, 0.29) is 1.43 Å². The molecular weight excluding hydrogens is 168 g/mol. The Morgan fingerprint density at radius 2 is 2.38 bits per heavy atom. The highest BCUT2D eigenvalue weighted by Gasteiger charge is 1.92. The molecule has 0 bridgehead atoms. The van der Waals surface area contributed by atoms with E-state index in [1.54, 1.807) is 25.3 Å². The molecule has 0 atom stereocenters. The number of aliphatic carboxylic acids is 1. The van der Waals surface area contributed by atoms with Gasteiger partial charge in [0.05, 0.1) is 7.11 Å². The van der Waals surface area contributed by atoms with Gasteiger partial charge in [-0.2, -0.15) is 0 Å². The second kappa shape index (κ2) is 4.30. The minimum atomic E-state index is -0.956. The van der Waals surface area contributed by atoms with Gasteiger partial charge in [0.2, 0.25) is 0 Å². The zero-order valence-electron chi connectivity index (χ0n) is 7.23. The maximum atomic E-state index is 10.2. The van der Waals surface area contributed by atoms with Gasteiger partial charge in [-0.05, 0) is 23.8 Å². The predicted molar refractivity (Wildman–Crippen MR) is 51.8 cm³/mol. The molecule has 0 heterocycles. The fourth-order valence-electron chi connectivity index (χ4n) is 0.913. The van der Waals surface area contributed by atoms with Crippen molar-refractivity contribution in [1.29, 1.82) is 0 Å². The van der Waals surface area contributed by atoms with Gasteiger partial charge in [-0.3, -0.25) is 0 Å². The molecule has 0 saturated carbocycles. The van der Waals surface area contributed by atoms with Crippen molar-refractivity contribution < 1.29 is 16.1 Å². The van der Waals surface area contributed by atoms with Gasteiger partial charge in [-0.15, -0.1) is 0 Å². The molecule has 13 heavy (non-hydrogen) atoms. The van der Waals surface area contributed by atoms with Crippen LogP contribution in [0.2, 0.25) is 0 Å². The van der Waals surface area contributed by atoms with Crippen molar-refractivity contribution >= 4 is 12.0 Å². The highest BCUT2D eigenvalue weighted by atomic mass is 16.5. The van der Waals surface area contributed by atoms with Crippen LogP contribution in [-0.2, 0) is 4.79 Å². The van der Waals surface area contributed by atoms with E-state index in [0.717, 1.165) is 11.6 Å². The summed E-state index contributed by atoms with van der Waals surface area (Å²) in [6.45, 7) is 0. The lowest BCUT2D eigenvalue weighted by Crippen LogP contribution is -1.86. The Bertz CT molecular complexity index is 334. The van der Waals surface area contributed by atoms with Gasteiger partial charge in [0.1, 0.15) is 5.75 Å². The third-order valence-corrected chi connectivity index (χ3v) is 1.51. The quantitative estimate of drug-likeness (QED) is 0.724. The topological polar surface area (TPSA) is 46.5 Å². The van der Waals surface area contributed by atoms with E-state index in [1.807, 2.05) is 6.07 Å². The molecule has 0 radical (unpaired) electrons. The standard InChI is InChI=1S/C10H10O3.H2/c1-13-9-4-2-3-8(7-9)5-6-10(11)12;/h2-7H,1H3,(H,11,12);1H/b6-5+;. The molecule has 0 aliphatic rings. The maximum absolute atomic E-state index is 10.2. The number of carboxylic acid groups (broad SMARTS) is 1. The van der Waals surface area contributed by atoms with E-state index in [0.29, 0.717) is 5.75 Å². The van der Waals surface area contributed by atoms with Gasteiger partial charge in [-0.25, -0.2) is 4.79 Å². The van der Waals surface area contributed by atoms with Crippen molar-refractivity contribution in [2.45, 2.75) is 0 Å². The summed E-state index contributed by atoms with van der Waals surface area (Å²) in [5.74, 6) is -0.240. The number of carbonyl (C=O) groups is 1. The number of benzene rings is 1. The molecule has 0 aliphatic heterocycles. The van der Waals surface area contributed by atoms with Crippen LogP contribution in [0, 0.1) is 0 Å². The lowest BCUT2D eigenvalue weighted by molar-refractivity contribution is -0.131. The van der Waals surface area contributed by atoms with Crippen LogP contribution in [0.3, 0.4) is 0 Å². The summed E-state index contributed by atoms with van der Waals surface area (Å²) in [6, 6.07) is 7.18. The molecule has 1 N–H and O–H groups in total. The Balaban J connectivity index is 0.00000169. The largest absolute Gasteiger partial charge is 0.497 e. The van der Waals surface area contributed by atoms with Crippen molar-refractivity contribution in [2.24, 2.45) is 0 Å². The second-order valence-corrected chi connectivity index (χ2v) is 2.45. The molecule has 0 amide bonds. The first-order chi connectivity index (χ1) is 6.22. The Morgan fingerprint density at radius 1 is 1.62 bits per heavy atom. The van der Waals surface area contributed by atoms with E-state index in [9.17, 15) is 4.79 Å². The summed E-state index contributed by atoms with van der Waals surface area (Å²) in [5.41, 5.74) is 0.807. The van der Waals surface area contributed by atoms with Crippen LogP contribution in [0.25, 0.3) is 6.08 Å². The summed E-state index contributed by atoms with van der Waals surface area (Å²) in [4.78, 5) is 10.2. The Morgan fingerprint density at radius 3 is 3.00 bits per heavy atom. The van der Waals surface area contributed by atoms with Gasteiger partial charge in [-0.1, -0.05) is 12.1 Å². The molecule has 0 spiro atoms. The second-order valence-electron chi connectivity index (χ2n) is 2.45. The van der Waals surface area contributed by atoms with Gasteiger partial charge in [0.15, 0.2) is 0 Å². The molecule has 0 aliphatic carbocycles. The summed E-state index contributed by atoms with van der Waals surface area (Å²) in [7, 11) is 1.57. The van der Waals surface area contributed by atoms with Crippen molar-refractivity contribution in [3.05, 3.63) is 35.9 Å². The zero-order chi connectivity index (χ0) is 9.68. The number of hydrogen-bond acceptors (Lipinski definition) is 2. The van der Waals surface area contributed by atoms with Crippen LogP contribution >= 0.6 is 0 Å². The van der Waals surface area contributed by atoms with Gasteiger partial charge < -0.3 is 9.84 Å². The van der Waals surface area contributed by atoms with Crippen molar-refractivity contribution in [3.8, 4) is 5.75 Å². The van der Waals surface area contributed by atoms with Crippen LogP contribution in [-0.4, -0.2) is 18.2 Å². The first-order valence-electron chi connectivity index (χ1n) is 3.77. The van der Waals surface area contributed by atoms with E-state index >= 15 is 0 Å². The smallest absolute Gasteiger partial charge is 0.328 e. The molecule has 0 fully saturated rings. The molecule has 1 aromatic carbocycles. The van der Waals surface area contributed by atoms with E-state index in [2.05, 4.69) is 0 Å². The summed E-state index contributed by atoms with van der Waals surface area (Å²) < 4.78 is 4.98. The molecule has 0 aromatic heterocycles. The maximum Gasteiger partial charge on any atom is 0.328 e. The minimum absolute atomic E-state index is 0. The number of hydrogen-bond donors (Lipinski definition) is 1. The average molecular weight is 180 g/mol. The van der Waals surface area contributed by atoms with Gasteiger partial charge in [0, 0.05) is 7.50 Å². The molecular formula is C10H12O3. The molecule has 70 valence electrons. The summed E-state index contributed by atoms with van der Waals surface area (Å²) in [6.07, 6.45) is 2.61. The van der Waals surface area contributed by atoms with Crippen molar-refractivity contribution in [3.63, 3.8) is 0 Å². The monoisotopic (exact) mass is 180 g/mol. The fraction of sp³-hybridized carbons (Fsp3) is 0.100. The highest BCUT2D eigenvalue weighted by Crippen LogP contribution is 2.13. The first-order valence-corrected chi connectivity index (χ1v) is 3.77. The molecule has 3 nitrogen and oxygen atoms in total. The van der Waals surface area contributed by atoms with Crippen LogP contribution in [0.15, 0.2) is 30.3 Å². The zero-order valence-corrected chi connectivity index (χ0v) is 7.23. The normalized spacial score (nSPS) is 10.2. The molecule has 1 aromatic rings. The minimum Gasteiger partial charge on any atom is -0.497 e. The van der Waals surface area contributed by atoms with E-state index < -0.39 is 5.97 Å². The molecule has 0 saturated heterocycles. The predicted octanol–water partition coefficient (Wildman–Crippen LogP) is 2.04. The third kappa shape index (κ3) is 2.99. The highest BCUT2D eigenvalue weighted by molar-refractivity contribution is 5.85. The lowest BCUT2D eigenvalue weighted by atomic mass is 10.2. The van der Waals surface area contributed by atoms with E-state index in [1.165, 1.54) is 6.08 Å². The van der Waals surface area contributed by atoms with E-state index in [4.69, 9.17) is 9.84 Å².